The van der Waals surface area contributed by atoms with Crippen LogP contribution in [0.4, 0.5) is 5.69 Å². The Morgan fingerprint density at radius 1 is 1.25 bits per heavy atom. The Balaban J connectivity index is 1.73. The largest absolute Gasteiger partial charge is 0.492 e. The number of hydrogen-bond donors (Lipinski definition) is 1. The molecule has 0 fully saturated rings. The van der Waals surface area contributed by atoms with Crippen molar-refractivity contribution >= 4 is 33.6 Å². The predicted molar refractivity (Wildman–Crippen MR) is 94.8 cm³/mol. The Kier molecular flexibility index (Phi) is 6.51. The fourth-order valence-corrected chi connectivity index (χ4v) is 2.22. The zero-order chi connectivity index (χ0) is 17.4. The lowest BCUT2D eigenvalue weighted by Gasteiger charge is -2.06. The van der Waals surface area contributed by atoms with E-state index in [1.165, 1.54) is 18.2 Å². The summed E-state index contributed by atoms with van der Waals surface area (Å²) in [7, 11) is 0. The van der Waals surface area contributed by atoms with Crippen molar-refractivity contribution in [2.24, 2.45) is 0 Å². The maximum atomic E-state index is 11.7. The average Bonchev–Trinajstić information content (AvgIpc) is 2.57. The van der Waals surface area contributed by atoms with Gasteiger partial charge in [0.15, 0.2) is 0 Å². The molecule has 0 aliphatic rings. The molecule has 0 spiro atoms. The SMILES string of the molecule is O=C(C=Cc1ccc([N+](=O)[O-])cc1)NCCOc1cccc(Br)c1. The first-order chi connectivity index (χ1) is 11.5. The van der Waals surface area contributed by atoms with Crippen molar-refractivity contribution < 1.29 is 14.5 Å². The smallest absolute Gasteiger partial charge is 0.269 e. The molecule has 2 aromatic carbocycles. The molecule has 0 radical (unpaired) electrons. The molecule has 7 heteroatoms. The predicted octanol–water partition coefficient (Wildman–Crippen LogP) is 3.57. The molecule has 2 aromatic rings. The summed E-state index contributed by atoms with van der Waals surface area (Å²) in [5.74, 6) is 0.464. The summed E-state index contributed by atoms with van der Waals surface area (Å²) < 4.78 is 6.43. The molecule has 0 unspecified atom stereocenters. The topological polar surface area (TPSA) is 81.5 Å². The molecule has 0 aliphatic carbocycles. The van der Waals surface area contributed by atoms with Crippen LogP contribution in [0.2, 0.25) is 0 Å². The van der Waals surface area contributed by atoms with E-state index in [0.717, 1.165) is 10.2 Å². The first-order valence-corrected chi connectivity index (χ1v) is 7.92. The van der Waals surface area contributed by atoms with Crippen LogP contribution in [0.15, 0.2) is 59.1 Å². The van der Waals surface area contributed by atoms with Crippen LogP contribution in [-0.2, 0) is 4.79 Å². The minimum Gasteiger partial charge on any atom is -0.492 e. The highest BCUT2D eigenvalue weighted by molar-refractivity contribution is 9.10. The van der Waals surface area contributed by atoms with Crippen molar-refractivity contribution in [1.82, 2.24) is 5.32 Å². The monoisotopic (exact) mass is 390 g/mol. The second kappa shape index (κ2) is 8.83. The van der Waals surface area contributed by atoms with Gasteiger partial charge in [-0.05, 0) is 42.0 Å². The Bertz CT molecular complexity index is 745. The number of rotatable bonds is 7. The molecule has 124 valence electrons. The zero-order valence-corrected chi connectivity index (χ0v) is 14.2. The van der Waals surface area contributed by atoms with Crippen molar-refractivity contribution in [1.29, 1.82) is 0 Å². The highest BCUT2D eigenvalue weighted by Gasteiger charge is 2.02. The number of hydrogen-bond acceptors (Lipinski definition) is 4. The van der Waals surface area contributed by atoms with Gasteiger partial charge in [-0.15, -0.1) is 0 Å². The normalized spacial score (nSPS) is 10.5. The van der Waals surface area contributed by atoms with Crippen LogP contribution in [0.25, 0.3) is 6.08 Å². The summed E-state index contributed by atoms with van der Waals surface area (Å²) in [6.07, 6.45) is 2.97. The maximum Gasteiger partial charge on any atom is 0.269 e. The Labute approximate surface area is 147 Å². The van der Waals surface area contributed by atoms with Gasteiger partial charge in [-0.3, -0.25) is 14.9 Å². The molecule has 0 heterocycles. The van der Waals surface area contributed by atoms with Crippen LogP contribution in [0.5, 0.6) is 5.75 Å². The molecule has 24 heavy (non-hydrogen) atoms. The molecule has 1 N–H and O–H groups in total. The summed E-state index contributed by atoms with van der Waals surface area (Å²) in [6.45, 7) is 0.726. The third-order valence-corrected chi connectivity index (χ3v) is 3.49. The van der Waals surface area contributed by atoms with E-state index in [2.05, 4.69) is 21.2 Å². The van der Waals surface area contributed by atoms with E-state index in [0.29, 0.717) is 18.7 Å². The number of nitrogens with zero attached hydrogens (tertiary/aromatic N) is 1. The van der Waals surface area contributed by atoms with E-state index in [1.807, 2.05) is 24.3 Å². The number of carbonyl (C=O) groups is 1. The first-order valence-electron chi connectivity index (χ1n) is 7.13. The lowest BCUT2D eigenvalue weighted by molar-refractivity contribution is -0.384. The number of non-ortho nitro benzene ring substituents is 1. The highest BCUT2D eigenvalue weighted by Crippen LogP contribution is 2.17. The number of amides is 1. The van der Waals surface area contributed by atoms with Gasteiger partial charge in [0.25, 0.3) is 5.69 Å². The summed E-state index contributed by atoms with van der Waals surface area (Å²) >= 11 is 3.35. The third-order valence-electron chi connectivity index (χ3n) is 3.00. The van der Waals surface area contributed by atoms with E-state index in [4.69, 9.17) is 4.74 Å². The van der Waals surface area contributed by atoms with Gasteiger partial charge in [0.1, 0.15) is 12.4 Å². The Morgan fingerprint density at radius 3 is 2.67 bits per heavy atom. The van der Waals surface area contributed by atoms with Crippen LogP contribution >= 0.6 is 15.9 Å². The Hall–Kier alpha value is -2.67. The van der Waals surface area contributed by atoms with Crippen LogP contribution in [0.3, 0.4) is 0 Å². The van der Waals surface area contributed by atoms with Gasteiger partial charge in [0, 0.05) is 22.7 Å². The highest BCUT2D eigenvalue weighted by atomic mass is 79.9. The van der Waals surface area contributed by atoms with Gasteiger partial charge in [0.2, 0.25) is 5.91 Å². The minimum atomic E-state index is -0.467. The summed E-state index contributed by atoms with van der Waals surface area (Å²) in [5.41, 5.74) is 0.724. The molecule has 1 amide bonds. The Morgan fingerprint density at radius 2 is 2.00 bits per heavy atom. The summed E-state index contributed by atoms with van der Waals surface area (Å²) in [5, 5.41) is 13.3. The van der Waals surface area contributed by atoms with Gasteiger partial charge in [-0.2, -0.15) is 0 Å². The van der Waals surface area contributed by atoms with Crippen molar-refractivity contribution in [3.63, 3.8) is 0 Å². The van der Waals surface area contributed by atoms with Gasteiger partial charge < -0.3 is 10.1 Å². The molecule has 0 saturated heterocycles. The number of ether oxygens (including phenoxy) is 1. The van der Waals surface area contributed by atoms with Crippen LogP contribution in [-0.4, -0.2) is 24.0 Å². The van der Waals surface area contributed by atoms with Crippen LogP contribution in [0, 0.1) is 10.1 Å². The number of nitro groups is 1. The van der Waals surface area contributed by atoms with Crippen molar-refractivity contribution in [3.05, 3.63) is 74.8 Å². The van der Waals surface area contributed by atoms with Crippen LogP contribution in [0.1, 0.15) is 5.56 Å². The van der Waals surface area contributed by atoms with Crippen molar-refractivity contribution in [3.8, 4) is 5.75 Å². The fraction of sp³-hybridized carbons (Fsp3) is 0.118. The average molecular weight is 391 g/mol. The van der Waals surface area contributed by atoms with Crippen LogP contribution < -0.4 is 10.1 Å². The van der Waals surface area contributed by atoms with E-state index in [-0.39, 0.29) is 11.6 Å². The van der Waals surface area contributed by atoms with Gasteiger partial charge in [0.05, 0.1) is 11.5 Å². The standard InChI is InChI=1S/C17H15BrN2O4/c18-14-2-1-3-16(12-14)24-11-10-19-17(21)9-6-13-4-7-15(8-5-13)20(22)23/h1-9,12H,10-11H2,(H,19,21). The molecule has 0 aliphatic heterocycles. The van der Waals surface area contributed by atoms with Gasteiger partial charge in [-0.1, -0.05) is 22.0 Å². The summed E-state index contributed by atoms with van der Waals surface area (Å²) in [4.78, 5) is 21.8. The van der Waals surface area contributed by atoms with E-state index >= 15 is 0 Å². The number of nitro benzene ring substituents is 1. The second-order valence-corrected chi connectivity index (χ2v) is 5.69. The van der Waals surface area contributed by atoms with Crippen molar-refractivity contribution in [2.45, 2.75) is 0 Å². The van der Waals surface area contributed by atoms with Gasteiger partial charge >= 0.3 is 0 Å². The molecule has 0 atom stereocenters. The first kappa shape index (κ1) is 17.7. The maximum absolute atomic E-state index is 11.7. The number of carbonyl (C=O) groups excluding carboxylic acids is 1. The van der Waals surface area contributed by atoms with Crippen molar-refractivity contribution in [2.75, 3.05) is 13.2 Å². The van der Waals surface area contributed by atoms with E-state index in [1.54, 1.807) is 18.2 Å². The lowest BCUT2D eigenvalue weighted by Crippen LogP contribution is -2.26. The molecule has 6 nitrogen and oxygen atoms in total. The molecular weight excluding hydrogens is 376 g/mol. The lowest BCUT2D eigenvalue weighted by atomic mass is 10.2. The molecule has 2 rings (SSSR count). The number of benzene rings is 2. The van der Waals surface area contributed by atoms with Gasteiger partial charge in [-0.25, -0.2) is 0 Å². The zero-order valence-electron chi connectivity index (χ0n) is 12.6. The van der Waals surface area contributed by atoms with E-state index < -0.39 is 4.92 Å². The molecular formula is C17H15BrN2O4. The fourth-order valence-electron chi connectivity index (χ4n) is 1.84. The van der Waals surface area contributed by atoms with E-state index in [9.17, 15) is 14.9 Å². The summed E-state index contributed by atoms with van der Waals surface area (Å²) in [6, 6.07) is 13.4. The molecule has 0 aromatic heterocycles. The number of halogens is 1. The minimum absolute atomic E-state index is 0.0151. The second-order valence-electron chi connectivity index (χ2n) is 4.78. The third kappa shape index (κ3) is 5.85. The molecule has 0 bridgehead atoms. The quantitative estimate of drug-likeness (QED) is 0.339. The number of nitrogens with one attached hydrogen (secondary N) is 1. The molecule has 0 saturated carbocycles.